The maximum absolute atomic E-state index is 12.5. The fraction of sp³-hybridized carbons (Fsp3) is 0.733. The Morgan fingerprint density at radius 3 is 3.20 bits per heavy atom. The quantitative estimate of drug-likeness (QED) is 0.895. The van der Waals surface area contributed by atoms with Crippen molar-refractivity contribution in [3.8, 4) is 0 Å². The number of carbonyl (C=O) groups excluding carboxylic acids is 1. The number of rotatable bonds is 4. The third-order valence-corrected chi connectivity index (χ3v) is 6.00. The second kappa shape index (κ2) is 5.82. The number of thiazole rings is 1. The Labute approximate surface area is 124 Å². The normalized spacial score (nSPS) is 30.2. The van der Waals surface area contributed by atoms with Crippen molar-refractivity contribution in [3.63, 3.8) is 0 Å². The molecule has 1 saturated carbocycles. The van der Waals surface area contributed by atoms with E-state index in [-0.39, 0.29) is 18.0 Å². The van der Waals surface area contributed by atoms with E-state index in [9.17, 15) is 4.79 Å². The first-order chi connectivity index (χ1) is 9.69. The molecule has 0 spiro atoms. The highest BCUT2D eigenvalue weighted by Crippen LogP contribution is 2.37. The van der Waals surface area contributed by atoms with Crippen LogP contribution in [-0.2, 0) is 11.2 Å². The summed E-state index contributed by atoms with van der Waals surface area (Å²) >= 11 is 1.70. The number of aromatic nitrogens is 1. The predicted octanol–water partition coefficient (Wildman–Crippen LogP) is 2.27. The molecule has 1 amide bonds. The van der Waals surface area contributed by atoms with Gasteiger partial charge < -0.3 is 10.6 Å². The molecule has 4 unspecified atom stereocenters. The average molecular weight is 293 g/mol. The minimum absolute atomic E-state index is 0.00931. The molecule has 1 aliphatic heterocycles. The fourth-order valence-corrected chi connectivity index (χ4v) is 4.39. The number of nitrogens with zero attached hydrogens (tertiary/aromatic N) is 1. The first-order valence-corrected chi connectivity index (χ1v) is 8.49. The summed E-state index contributed by atoms with van der Waals surface area (Å²) in [6, 6.07) is 0.0191. The number of carbonyl (C=O) groups is 1. The number of hydrogen-bond donors (Lipinski definition) is 2. The molecule has 110 valence electrons. The summed E-state index contributed by atoms with van der Waals surface area (Å²) in [5.41, 5.74) is 0. The van der Waals surface area contributed by atoms with Gasteiger partial charge in [0.2, 0.25) is 5.91 Å². The Kier molecular flexibility index (Phi) is 4.08. The molecule has 1 aromatic heterocycles. The summed E-state index contributed by atoms with van der Waals surface area (Å²) in [7, 11) is 0. The zero-order valence-corrected chi connectivity index (χ0v) is 13.0. The maximum atomic E-state index is 12.5. The molecule has 0 bridgehead atoms. The first kappa shape index (κ1) is 14.0. The molecule has 1 aliphatic carbocycles. The van der Waals surface area contributed by atoms with Crippen LogP contribution >= 0.6 is 11.3 Å². The summed E-state index contributed by atoms with van der Waals surface area (Å²) in [5.74, 6) is 1.41. The largest absolute Gasteiger partial charge is 0.346 e. The molecule has 1 aromatic rings. The van der Waals surface area contributed by atoms with Crippen LogP contribution in [0.25, 0.3) is 0 Å². The van der Waals surface area contributed by atoms with Crippen LogP contribution in [0.2, 0.25) is 0 Å². The molecular weight excluding hydrogens is 270 g/mol. The highest BCUT2D eigenvalue weighted by Gasteiger charge is 2.42. The molecule has 2 N–H and O–H groups in total. The summed E-state index contributed by atoms with van der Waals surface area (Å²) in [6.45, 7) is 5.16. The number of hydrogen-bond acceptors (Lipinski definition) is 4. The van der Waals surface area contributed by atoms with Gasteiger partial charge in [0, 0.05) is 11.1 Å². The Balaban J connectivity index is 1.61. The van der Waals surface area contributed by atoms with Crippen molar-refractivity contribution in [2.24, 2.45) is 11.8 Å². The highest BCUT2D eigenvalue weighted by atomic mass is 32.1. The van der Waals surface area contributed by atoms with E-state index in [0.29, 0.717) is 11.8 Å². The Morgan fingerprint density at radius 1 is 1.60 bits per heavy atom. The van der Waals surface area contributed by atoms with E-state index < -0.39 is 0 Å². The van der Waals surface area contributed by atoms with Crippen molar-refractivity contribution in [3.05, 3.63) is 16.1 Å². The molecule has 2 heterocycles. The van der Waals surface area contributed by atoms with Crippen LogP contribution in [0.5, 0.6) is 0 Å². The van der Waals surface area contributed by atoms with Crippen molar-refractivity contribution in [2.75, 3.05) is 6.54 Å². The molecule has 5 heteroatoms. The summed E-state index contributed by atoms with van der Waals surface area (Å²) in [6.07, 6.45) is 6.68. The number of fused-ring (bicyclic) bond motifs is 1. The maximum Gasteiger partial charge on any atom is 0.237 e. The van der Waals surface area contributed by atoms with Gasteiger partial charge in [-0.2, -0.15) is 0 Å². The molecule has 0 aromatic carbocycles. The van der Waals surface area contributed by atoms with Gasteiger partial charge in [0.25, 0.3) is 0 Å². The second-order valence-corrected chi connectivity index (χ2v) is 7.14. The standard InChI is InChI=1S/C15H23N3OS/c1-3-11-8-17-15(20-11)9(2)18-14(19)13-12-6-4-5-10(12)7-16-13/h8-10,12-13,16H,3-7H2,1-2H3,(H,18,19). The topological polar surface area (TPSA) is 54.0 Å². The van der Waals surface area contributed by atoms with Gasteiger partial charge in [-0.25, -0.2) is 4.98 Å². The summed E-state index contributed by atoms with van der Waals surface area (Å²) in [4.78, 5) is 18.1. The van der Waals surface area contributed by atoms with Gasteiger partial charge in [-0.05, 0) is 44.6 Å². The molecule has 4 atom stereocenters. The Hall–Kier alpha value is -0.940. The van der Waals surface area contributed by atoms with Crippen molar-refractivity contribution in [1.82, 2.24) is 15.6 Å². The van der Waals surface area contributed by atoms with Crippen LogP contribution in [0.3, 0.4) is 0 Å². The summed E-state index contributed by atoms with van der Waals surface area (Å²) < 4.78 is 0. The van der Waals surface area contributed by atoms with Crippen LogP contribution < -0.4 is 10.6 Å². The van der Waals surface area contributed by atoms with E-state index in [0.717, 1.165) is 18.0 Å². The minimum atomic E-state index is 0.00931. The zero-order chi connectivity index (χ0) is 14.1. The average Bonchev–Trinajstić information content (AvgIpc) is 3.14. The van der Waals surface area contributed by atoms with Gasteiger partial charge in [0.05, 0.1) is 12.1 Å². The molecule has 2 fully saturated rings. The Morgan fingerprint density at radius 2 is 2.45 bits per heavy atom. The van der Waals surface area contributed by atoms with Gasteiger partial charge in [0.15, 0.2) is 0 Å². The monoisotopic (exact) mass is 293 g/mol. The van der Waals surface area contributed by atoms with Crippen LogP contribution in [0.4, 0.5) is 0 Å². The van der Waals surface area contributed by atoms with Crippen LogP contribution in [-0.4, -0.2) is 23.5 Å². The van der Waals surface area contributed by atoms with Crippen molar-refractivity contribution < 1.29 is 4.79 Å². The molecular formula is C15H23N3OS. The van der Waals surface area contributed by atoms with Crippen LogP contribution in [0.1, 0.15) is 49.0 Å². The molecule has 0 radical (unpaired) electrons. The van der Waals surface area contributed by atoms with Crippen LogP contribution in [0.15, 0.2) is 6.20 Å². The van der Waals surface area contributed by atoms with Crippen molar-refractivity contribution in [1.29, 1.82) is 0 Å². The summed E-state index contributed by atoms with van der Waals surface area (Å²) in [5, 5.41) is 7.55. The van der Waals surface area contributed by atoms with Gasteiger partial charge in [0.1, 0.15) is 5.01 Å². The van der Waals surface area contributed by atoms with Crippen LogP contribution in [0, 0.1) is 11.8 Å². The molecule has 20 heavy (non-hydrogen) atoms. The molecule has 4 nitrogen and oxygen atoms in total. The van der Waals surface area contributed by atoms with Crippen molar-refractivity contribution >= 4 is 17.2 Å². The minimum Gasteiger partial charge on any atom is -0.346 e. The lowest BCUT2D eigenvalue weighted by molar-refractivity contribution is -0.124. The Bertz CT molecular complexity index is 487. The van der Waals surface area contributed by atoms with Gasteiger partial charge in [-0.1, -0.05) is 13.3 Å². The van der Waals surface area contributed by atoms with E-state index in [1.54, 1.807) is 11.3 Å². The van der Waals surface area contributed by atoms with Gasteiger partial charge >= 0.3 is 0 Å². The molecule has 1 saturated heterocycles. The SMILES string of the molecule is CCc1cnc(C(C)NC(=O)C2NCC3CCCC32)s1. The fourth-order valence-electron chi connectivity index (χ4n) is 3.53. The lowest BCUT2D eigenvalue weighted by Crippen LogP contribution is -2.44. The van der Waals surface area contributed by atoms with Crippen molar-refractivity contribution in [2.45, 2.75) is 51.6 Å². The molecule has 3 rings (SSSR count). The molecule has 2 aliphatic rings. The predicted molar refractivity (Wildman–Crippen MR) is 80.7 cm³/mol. The van der Waals surface area contributed by atoms with E-state index >= 15 is 0 Å². The van der Waals surface area contributed by atoms with E-state index in [1.807, 2.05) is 13.1 Å². The van der Waals surface area contributed by atoms with Gasteiger partial charge in [-0.3, -0.25) is 4.79 Å². The third-order valence-electron chi connectivity index (χ3n) is 4.68. The van der Waals surface area contributed by atoms with Gasteiger partial charge in [-0.15, -0.1) is 11.3 Å². The first-order valence-electron chi connectivity index (χ1n) is 7.67. The third kappa shape index (κ3) is 2.61. The number of nitrogens with one attached hydrogen (secondary N) is 2. The number of amides is 1. The number of aryl methyl sites for hydroxylation is 1. The van der Waals surface area contributed by atoms with E-state index in [4.69, 9.17) is 0 Å². The smallest absolute Gasteiger partial charge is 0.237 e. The second-order valence-electron chi connectivity index (χ2n) is 5.99. The lowest BCUT2D eigenvalue weighted by Gasteiger charge is -2.20. The van der Waals surface area contributed by atoms with E-state index in [1.165, 1.54) is 24.1 Å². The zero-order valence-electron chi connectivity index (χ0n) is 12.2. The lowest BCUT2D eigenvalue weighted by atomic mass is 9.93. The highest BCUT2D eigenvalue weighted by molar-refractivity contribution is 7.11. The van der Waals surface area contributed by atoms with E-state index in [2.05, 4.69) is 22.5 Å².